The van der Waals surface area contributed by atoms with Crippen molar-refractivity contribution in [1.29, 1.82) is 0 Å². The van der Waals surface area contributed by atoms with E-state index in [1.807, 2.05) is 18.4 Å². The number of anilines is 1. The van der Waals surface area contributed by atoms with Crippen LogP contribution in [0.5, 0.6) is 0 Å². The molecule has 2 rings (SSSR count). The molecule has 0 spiro atoms. The van der Waals surface area contributed by atoms with E-state index in [2.05, 4.69) is 51.5 Å². The van der Waals surface area contributed by atoms with Gasteiger partial charge in [-0.15, -0.1) is 11.3 Å². The van der Waals surface area contributed by atoms with Crippen LogP contribution in [-0.2, 0) is 0 Å². The molecule has 0 aromatic carbocycles. The van der Waals surface area contributed by atoms with Crippen LogP contribution in [0, 0.1) is 5.92 Å². The Balaban J connectivity index is 1.74. The normalized spacial score (nSPS) is 16.7. The zero-order valence-electron chi connectivity index (χ0n) is 13.5. The molecule has 2 heterocycles. The molecular weight excluding hydrogens is 280 g/mol. The van der Waals surface area contributed by atoms with Gasteiger partial charge in [0.1, 0.15) is 0 Å². The number of nitrogens with zero attached hydrogens (tertiary/aromatic N) is 3. The van der Waals surface area contributed by atoms with Gasteiger partial charge in [-0.2, -0.15) is 0 Å². The first-order valence-corrected chi connectivity index (χ1v) is 8.82. The lowest BCUT2D eigenvalue weighted by atomic mass is 10.1. The van der Waals surface area contributed by atoms with Crippen molar-refractivity contribution in [3.05, 3.63) is 17.5 Å². The van der Waals surface area contributed by atoms with E-state index < -0.39 is 0 Å². The molecule has 1 aliphatic rings. The lowest BCUT2D eigenvalue weighted by molar-refractivity contribution is 0.372. The number of hydrogen-bond donors (Lipinski definition) is 1. The van der Waals surface area contributed by atoms with E-state index in [1.54, 1.807) is 0 Å². The Kier molecular flexibility index (Phi) is 6.36. The molecule has 0 bridgehead atoms. The van der Waals surface area contributed by atoms with Crippen LogP contribution in [0.4, 0.5) is 5.00 Å². The maximum absolute atomic E-state index is 4.43. The zero-order valence-corrected chi connectivity index (χ0v) is 14.3. The average Bonchev–Trinajstić information content (AvgIpc) is 3.02. The number of nitrogens with one attached hydrogen (secondary N) is 1. The summed E-state index contributed by atoms with van der Waals surface area (Å²) >= 11 is 1.83. The third-order valence-electron chi connectivity index (χ3n) is 3.85. The first kappa shape index (κ1) is 16.1. The van der Waals surface area contributed by atoms with Crippen LogP contribution in [0.15, 0.2) is 22.5 Å². The fourth-order valence-corrected chi connectivity index (χ4v) is 3.42. The van der Waals surface area contributed by atoms with Gasteiger partial charge in [-0.3, -0.25) is 4.99 Å². The molecule has 0 unspecified atom stereocenters. The molecule has 0 aliphatic carbocycles. The highest BCUT2D eigenvalue weighted by molar-refractivity contribution is 7.14. The van der Waals surface area contributed by atoms with Crippen molar-refractivity contribution in [1.82, 2.24) is 10.2 Å². The minimum Gasteiger partial charge on any atom is -0.360 e. The summed E-state index contributed by atoms with van der Waals surface area (Å²) < 4.78 is 0. The minimum absolute atomic E-state index is 0.781. The first-order valence-electron chi connectivity index (χ1n) is 7.94. The molecule has 21 heavy (non-hydrogen) atoms. The van der Waals surface area contributed by atoms with Crippen molar-refractivity contribution >= 4 is 22.3 Å². The van der Waals surface area contributed by atoms with Crippen molar-refractivity contribution in [3.63, 3.8) is 0 Å². The van der Waals surface area contributed by atoms with Crippen LogP contribution in [0.25, 0.3) is 0 Å². The second kappa shape index (κ2) is 8.27. The van der Waals surface area contributed by atoms with Gasteiger partial charge >= 0.3 is 0 Å². The number of piperazine rings is 1. The van der Waals surface area contributed by atoms with Crippen molar-refractivity contribution in [2.24, 2.45) is 10.9 Å². The summed E-state index contributed by atoms with van der Waals surface area (Å²) in [6.45, 7) is 9.82. The predicted molar refractivity (Wildman–Crippen MR) is 93.5 cm³/mol. The molecule has 4 nitrogen and oxygen atoms in total. The SMILES string of the molecule is CN=C(NCCCC(C)C)N1CCN(c2cccs2)CC1. The average molecular weight is 308 g/mol. The van der Waals surface area contributed by atoms with E-state index in [9.17, 15) is 0 Å². The Morgan fingerprint density at radius 2 is 2.10 bits per heavy atom. The second-order valence-corrected chi connectivity index (χ2v) is 6.86. The highest BCUT2D eigenvalue weighted by Gasteiger charge is 2.19. The van der Waals surface area contributed by atoms with Crippen LogP contribution in [0.3, 0.4) is 0 Å². The summed E-state index contributed by atoms with van der Waals surface area (Å²) in [6, 6.07) is 4.33. The van der Waals surface area contributed by atoms with Crippen molar-refractivity contribution in [3.8, 4) is 0 Å². The smallest absolute Gasteiger partial charge is 0.193 e. The van der Waals surface area contributed by atoms with Crippen LogP contribution in [0.2, 0.25) is 0 Å². The standard InChI is InChI=1S/C16H28N4S/c1-14(2)6-4-8-18-16(17-3)20-11-9-19(10-12-20)15-7-5-13-21-15/h5,7,13-14H,4,6,8-12H2,1-3H3,(H,17,18). The van der Waals surface area contributed by atoms with Gasteiger partial charge in [0, 0.05) is 39.8 Å². The Labute approximate surface area is 132 Å². The highest BCUT2D eigenvalue weighted by Crippen LogP contribution is 2.22. The molecule has 0 amide bonds. The van der Waals surface area contributed by atoms with Crippen LogP contribution in [-0.4, -0.2) is 50.6 Å². The summed E-state index contributed by atoms with van der Waals surface area (Å²) in [5, 5.41) is 7.04. The van der Waals surface area contributed by atoms with Gasteiger partial charge in [0.25, 0.3) is 0 Å². The Bertz CT molecular complexity index is 419. The third-order valence-corrected chi connectivity index (χ3v) is 4.78. The number of guanidine groups is 1. The topological polar surface area (TPSA) is 30.9 Å². The van der Waals surface area contributed by atoms with E-state index in [4.69, 9.17) is 0 Å². The monoisotopic (exact) mass is 308 g/mol. The van der Waals surface area contributed by atoms with Crippen LogP contribution < -0.4 is 10.2 Å². The van der Waals surface area contributed by atoms with Gasteiger partial charge in [0.2, 0.25) is 0 Å². The summed E-state index contributed by atoms with van der Waals surface area (Å²) in [5.41, 5.74) is 0. The summed E-state index contributed by atoms with van der Waals surface area (Å²) in [6.07, 6.45) is 2.49. The van der Waals surface area contributed by atoms with E-state index in [1.165, 1.54) is 17.8 Å². The van der Waals surface area contributed by atoms with E-state index in [-0.39, 0.29) is 0 Å². The Hall–Kier alpha value is -1.23. The van der Waals surface area contributed by atoms with Gasteiger partial charge in [-0.25, -0.2) is 0 Å². The molecule has 118 valence electrons. The molecule has 1 fully saturated rings. The first-order chi connectivity index (χ1) is 10.2. The molecule has 1 aromatic rings. The fraction of sp³-hybridized carbons (Fsp3) is 0.688. The second-order valence-electron chi connectivity index (χ2n) is 5.94. The molecule has 1 aromatic heterocycles. The highest BCUT2D eigenvalue weighted by atomic mass is 32.1. The maximum Gasteiger partial charge on any atom is 0.193 e. The molecule has 0 saturated carbocycles. The summed E-state index contributed by atoms with van der Waals surface area (Å²) in [7, 11) is 1.89. The number of hydrogen-bond acceptors (Lipinski definition) is 3. The molecular formula is C16H28N4S. The van der Waals surface area contributed by atoms with Crippen LogP contribution >= 0.6 is 11.3 Å². The Morgan fingerprint density at radius 3 is 2.67 bits per heavy atom. The fourth-order valence-electron chi connectivity index (χ4n) is 2.63. The van der Waals surface area contributed by atoms with Crippen LogP contribution in [0.1, 0.15) is 26.7 Å². The molecule has 0 radical (unpaired) electrons. The van der Waals surface area contributed by atoms with E-state index in [0.29, 0.717) is 0 Å². The third kappa shape index (κ3) is 4.92. The molecule has 1 aliphatic heterocycles. The van der Waals surface area contributed by atoms with E-state index in [0.717, 1.165) is 44.6 Å². The van der Waals surface area contributed by atoms with Gasteiger partial charge in [0.15, 0.2) is 5.96 Å². The van der Waals surface area contributed by atoms with Gasteiger partial charge < -0.3 is 15.1 Å². The summed E-state index contributed by atoms with van der Waals surface area (Å²) in [5.74, 6) is 1.84. The van der Waals surface area contributed by atoms with E-state index >= 15 is 0 Å². The van der Waals surface area contributed by atoms with Crippen molar-refractivity contribution in [2.75, 3.05) is 44.7 Å². The quantitative estimate of drug-likeness (QED) is 0.515. The number of thiophene rings is 1. The largest absolute Gasteiger partial charge is 0.360 e. The summed E-state index contributed by atoms with van der Waals surface area (Å²) in [4.78, 5) is 9.27. The minimum atomic E-state index is 0.781. The predicted octanol–water partition coefficient (Wildman–Crippen LogP) is 2.88. The maximum atomic E-state index is 4.43. The molecule has 0 atom stereocenters. The number of rotatable bonds is 5. The van der Waals surface area contributed by atoms with Gasteiger partial charge in [-0.05, 0) is 36.3 Å². The lowest BCUT2D eigenvalue weighted by Gasteiger charge is -2.37. The van der Waals surface area contributed by atoms with Gasteiger partial charge in [0.05, 0.1) is 5.00 Å². The van der Waals surface area contributed by atoms with Crippen molar-refractivity contribution < 1.29 is 0 Å². The lowest BCUT2D eigenvalue weighted by Crippen LogP contribution is -2.52. The molecule has 1 N–H and O–H groups in total. The number of aliphatic imine (C=N–C) groups is 1. The zero-order chi connectivity index (χ0) is 15.1. The van der Waals surface area contributed by atoms with Crippen molar-refractivity contribution in [2.45, 2.75) is 26.7 Å². The van der Waals surface area contributed by atoms with Gasteiger partial charge in [-0.1, -0.05) is 13.8 Å². The molecule has 5 heteroatoms. The molecule has 1 saturated heterocycles. The Morgan fingerprint density at radius 1 is 1.33 bits per heavy atom.